The van der Waals surface area contributed by atoms with Crippen LogP contribution < -0.4 is 16.4 Å². The average molecular weight is 345 g/mol. The number of rotatable bonds is 6. The molecule has 0 unspecified atom stereocenters. The third-order valence-corrected chi connectivity index (χ3v) is 4.73. The lowest BCUT2D eigenvalue weighted by Crippen LogP contribution is -2.37. The number of hydrogen-bond donors (Lipinski definition) is 3. The highest BCUT2D eigenvalue weighted by Crippen LogP contribution is 2.16. The summed E-state index contributed by atoms with van der Waals surface area (Å²) in [6.07, 6.45) is 0.858. The lowest BCUT2D eigenvalue weighted by Gasteiger charge is -2.11. The summed E-state index contributed by atoms with van der Waals surface area (Å²) in [7, 11) is 1.73. The van der Waals surface area contributed by atoms with Crippen molar-refractivity contribution in [2.24, 2.45) is 10.7 Å². The Morgan fingerprint density at radius 1 is 1.33 bits per heavy atom. The van der Waals surface area contributed by atoms with Gasteiger partial charge in [0.25, 0.3) is 0 Å². The third-order valence-electron chi connectivity index (χ3n) is 3.60. The van der Waals surface area contributed by atoms with Gasteiger partial charge in [-0.2, -0.15) is 0 Å². The fraction of sp³-hybridized carbons (Fsp3) is 0.353. The highest BCUT2D eigenvalue weighted by atomic mass is 32.1. The van der Waals surface area contributed by atoms with Crippen molar-refractivity contribution >= 4 is 23.2 Å². The number of carbonyl (C=O) groups is 1. The molecule has 2 rings (SSSR count). The van der Waals surface area contributed by atoms with Gasteiger partial charge in [0.1, 0.15) is 0 Å². The number of aryl methyl sites for hydroxylation is 2. The first-order valence-electron chi connectivity index (χ1n) is 7.75. The van der Waals surface area contributed by atoms with Gasteiger partial charge in [-0.15, -0.1) is 11.3 Å². The molecule has 7 heteroatoms. The molecule has 0 bridgehead atoms. The molecule has 128 valence electrons. The Balaban J connectivity index is 1.82. The molecule has 1 aromatic carbocycles. The molecule has 4 N–H and O–H groups in total. The van der Waals surface area contributed by atoms with E-state index in [1.165, 1.54) is 4.88 Å². The highest BCUT2D eigenvalue weighted by molar-refractivity contribution is 7.11. The number of amides is 1. The molecule has 0 fully saturated rings. The summed E-state index contributed by atoms with van der Waals surface area (Å²) in [6, 6.07) is 7.24. The van der Waals surface area contributed by atoms with Crippen LogP contribution in [-0.4, -0.2) is 30.4 Å². The van der Waals surface area contributed by atoms with Gasteiger partial charge in [0, 0.05) is 37.0 Å². The van der Waals surface area contributed by atoms with E-state index in [0.29, 0.717) is 18.1 Å². The molecule has 0 saturated heterocycles. The summed E-state index contributed by atoms with van der Waals surface area (Å²) in [5.41, 5.74) is 7.88. The SMILES string of the molecule is CN=C(NCCc1nc(C)c(C)s1)NCc1cccc(C(N)=O)c1. The van der Waals surface area contributed by atoms with Gasteiger partial charge in [0.05, 0.1) is 10.7 Å². The van der Waals surface area contributed by atoms with Crippen molar-refractivity contribution in [3.63, 3.8) is 0 Å². The van der Waals surface area contributed by atoms with Crippen LogP contribution in [0.2, 0.25) is 0 Å². The molecule has 0 aliphatic carbocycles. The molecule has 0 aliphatic heterocycles. The molecule has 1 aromatic heterocycles. The molecule has 0 aliphatic rings. The maximum atomic E-state index is 11.2. The van der Waals surface area contributed by atoms with E-state index in [2.05, 4.69) is 27.5 Å². The summed E-state index contributed by atoms with van der Waals surface area (Å²) in [4.78, 5) is 21.2. The quantitative estimate of drug-likeness (QED) is 0.549. The smallest absolute Gasteiger partial charge is 0.248 e. The Kier molecular flexibility index (Phi) is 6.31. The summed E-state index contributed by atoms with van der Waals surface area (Å²) < 4.78 is 0. The van der Waals surface area contributed by atoms with Crippen LogP contribution in [0.4, 0.5) is 0 Å². The molecular weight excluding hydrogens is 322 g/mol. The van der Waals surface area contributed by atoms with Gasteiger partial charge in [-0.05, 0) is 31.5 Å². The van der Waals surface area contributed by atoms with Crippen LogP contribution in [0.25, 0.3) is 0 Å². The topological polar surface area (TPSA) is 92.4 Å². The minimum Gasteiger partial charge on any atom is -0.366 e. The molecule has 0 spiro atoms. The van der Waals surface area contributed by atoms with Crippen LogP contribution >= 0.6 is 11.3 Å². The normalized spacial score (nSPS) is 11.4. The van der Waals surface area contributed by atoms with Gasteiger partial charge in [0.15, 0.2) is 5.96 Å². The number of aromatic nitrogens is 1. The lowest BCUT2D eigenvalue weighted by atomic mass is 10.1. The fourth-order valence-corrected chi connectivity index (χ4v) is 3.11. The molecule has 6 nitrogen and oxygen atoms in total. The number of thiazole rings is 1. The molecule has 0 saturated carbocycles. The van der Waals surface area contributed by atoms with E-state index in [0.717, 1.165) is 29.2 Å². The van der Waals surface area contributed by atoms with Crippen molar-refractivity contribution in [1.29, 1.82) is 0 Å². The first-order chi connectivity index (χ1) is 11.5. The molecule has 1 heterocycles. The van der Waals surface area contributed by atoms with Gasteiger partial charge in [-0.1, -0.05) is 12.1 Å². The molecule has 24 heavy (non-hydrogen) atoms. The maximum absolute atomic E-state index is 11.2. The number of carbonyl (C=O) groups excluding carboxylic acids is 1. The standard InChI is InChI=1S/C17H23N5OS/c1-11-12(2)24-15(22-11)7-8-20-17(19-3)21-10-13-5-4-6-14(9-13)16(18)23/h4-6,9H,7-8,10H2,1-3H3,(H2,18,23)(H2,19,20,21). The van der Waals surface area contributed by atoms with Crippen LogP contribution in [0.15, 0.2) is 29.3 Å². The number of benzene rings is 1. The summed E-state index contributed by atoms with van der Waals surface area (Å²) in [5, 5.41) is 7.62. The summed E-state index contributed by atoms with van der Waals surface area (Å²) in [6.45, 7) is 5.44. The van der Waals surface area contributed by atoms with Crippen molar-refractivity contribution in [2.75, 3.05) is 13.6 Å². The van der Waals surface area contributed by atoms with E-state index in [4.69, 9.17) is 5.73 Å². The summed E-state index contributed by atoms with van der Waals surface area (Å²) >= 11 is 1.73. The first-order valence-corrected chi connectivity index (χ1v) is 8.57. The van der Waals surface area contributed by atoms with E-state index in [1.807, 2.05) is 19.1 Å². The second-order valence-corrected chi connectivity index (χ2v) is 6.70. The number of aliphatic imine (C=N–C) groups is 1. The Hall–Kier alpha value is -2.41. The Bertz CT molecular complexity index is 719. The second kappa shape index (κ2) is 8.44. The molecule has 0 atom stereocenters. The van der Waals surface area contributed by atoms with Crippen LogP contribution in [0, 0.1) is 13.8 Å². The van der Waals surface area contributed by atoms with Gasteiger partial charge >= 0.3 is 0 Å². The largest absolute Gasteiger partial charge is 0.366 e. The zero-order valence-electron chi connectivity index (χ0n) is 14.2. The number of nitrogens with one attached hydrogen (secondary N) is 2. The van der Waals surface area contributed by atoms with Crippen molar-refractivity contribution in [3.05, 3.63) is 51.0 Å². The van der Waals surface area contributed by atoms with E-state index < -0.39 is 5.91 Å². The van der Waals surface area contributed by atoms with Crippen molar-refractivity contribution < 1.29 is 4.79 Å². The number of guanidine groups is 1. The number of nitrogens with two attached hydrogens (primary N) is 1. The third kappa shape index (κ3) is 5.06. The fourth-order valence-electron chi connectivity index (χ4n) is 2.17. The van der Waals surface area contributed by atoms with E-state index in [-0.39, 0.29) is 0 Å². The molecule has 1 amide bonds. The monoisotopic (exact) mass is 345 g/mol. The minimum atomic E-state index is -0.423. The molecule has 2 aromatic rings. The van der Waals surface area contributed by atoms with Crippen LogP contribution in [-0.2, 0) is 13.0 Å². The predicted molar refractivity (Wildman–Crippen MR) is 98.5 cm³/mol. The average Bonchev–Trinajstić information content (AvgIpc) is 2.89. The van der Waals surface area contributed by atoms with Crippen LogP contribution in [0.1, 0.15) is 31.5 Å². The number of nitrogens with zero attached hydrogens (tertiary/aromatic N) is 2. The Morgan fingerprint density at radius 2 is 2.12 bits per heavy atom. The predicted octanol–water partition coefficient (Wildman–Crippen LogP) is 1.77. The number of hydrogen-bond acceptors (Lipinski definition) is 4. The molecule has 0 radical (unpaired) electrons. The van der Waals surface area contributed by atoms with Crippen LogP contribution in [0.5, 0.6) is 0 Å². The van der Waals surface area contributed by atoms with Crippen molar-refractivity contribution in [3.8, 4) is 0 Å². The maximum Gasteiger partial charge on any atom is 0.248 e. The second-order valence-electron chi connectivity index (χ2n) is 5.42. The van der Waals surface area contributed by atoms with E-state index in [9.17, 15) is 4.79 Å². The van der Waals surface area contributed by atoms with Gasteiger partial charge in [0.2, 0.25) is 5.91 Å². The minimum absolute atomic E-state index is 0.423. The van der Waals surface area contributed by atoms with E-state index >= 15 is 0 Å². The first kappa shape index (κ1) is 17.9. The Labute approximate surface area is 146 Å². The number of primary amides is 1. The van der Waals surface area contributed by atoms with Crippen molar-refractivity contribution in [2.45, 2.75) is 26.8 Å². The zero-order chi connectivity index (χ0) is 17.5. The van der Waals surface area contributed by atoms with Crippen molar-refractivity contribution in [1.82, 2.24) is 15.6 Å². The van der Waals surface area contributed by atoms with Gasteiger partial charge < -0.3 is 16.4 Å². The summed E-state index contributed by atoms with van der Waals surface area (Å²) in [5.74, 6) is 0.290. The zero-order valence-corrected chi connectivity index (χ0v) is 15.0. The lowest BCUT2D eigenvalue weighted by molar-refractivity contribution is 0.1000. The molecular formula is C17H23N5OS. The van der Waals surface area contributed by atoms with Crippen LogP contribution in [0.3, 0.4) is 0 Å². The van der Waals surface area contributed by atoms with E-state index in [1.54, 1.807) is 30.5 Å². The van der Waals surface area contributed by atoms with Gasteiger partial charge in [-0.25, -0.2) is 4.98 Å². The highest BCUT2D eigenvalue weighted by Gasteiger charge is 2.05. The Morgan fingerprint density at radius 3 is 2.75 bits per heavy atom. The van der Waals surface area contributed by atoms with Gasteiger partial charge in [-0.3, -0.25) is 9.79 Å².